The Labute approximate surface area is 535 Å². The van der Waals surface area contributed by atoms with Crippen LogP contribution in [0.2, 0.25) is 0 Å². The van der Waals surface area contributed by atoms with E-state index in [4.69, 9.17) is 42.6 Å². The van der Waals surface area contributed by atoms with Gasteiger partial charge in [-0.3, -0.25) is 31.4 Å². The molecule has 9 atom stereocenters. The van der Waals surface area contributed by atoms with Crippen LogP contribution >= 0.6 is 0 Å². The molecule has 0 spiro atoms. The molecule has 383 valence electrons. The minimum absolute atomic E-state index is 0. The van der Waals surface area contributed by atoms with E-state index in [1.807, 2.05) is 32.3 Å². The van der Waals surface area contributed by atoms with Crippen LogP contribution < -0.4 is 63.1 Å². The van der Waals surface area contributed by atoms with E-state index in [1.165, 1.54) is 14.2 Å². The molecule has 72 heavy (non-hydrogen) atoms. The predicted molar refractivity (Wildman–Crippen MR) is 237 cm³/mol. The number of ether oxygens (including phenoxy) is 9. The summed E-state index contributed by atoms with van der Waals surface area (Å²) in [6.07, 6.45) is 5.37. The van der Waals surface area contributed by atoms with E-state index in [9.17, 15) is 9.90 Å². The summed E-state index contributed by atoms with van der Waals surface area (Å²) in [7, 11) is 9.50. The Morgan fingerprint density at radius 3 is 1.60 bits per heavy atom. The average molecular weight is 1260 g/mol. The van der Waals surface area contributed by atoms with Gasteiger partial charge in [0.05, 0.1) is 66.9 Å². The smallest absolute Gasteiger partial charge is 0.870 e. The molecule has 0 bridgehead atoms. The SMILES string of the molecule is COC[C@@H]1OC[C@@](O)(n2c(C)nc3c(C)n[c-]nc32)C1OC.COC[C@@H]1O[C@H](n2c(C)nc3c(C)n[c-]nc32)C(=O)C1OC.COC[C@@H]1O[C@H](n2c(C)nc3c(C)n[c-]nc32)CC1OC.NN.[K+].[OH-].[Y].[Y].[Y]. The van der Waals surface area contributed by atoms with Crippen LogP contribution in [0.3, 0.4) is 0 Å². The fourth-order valence-corrected chi connectivity index (χ4v) is 8.65. The second kappa shape index (κ2) is 32.0. The first-order valence-corrected chi connectivity index (χ1v) is 21.1. The number of hydrazine groups is 1. The van der Waals surface area contributed by atoms with Crippen molar-refractivity contribution in [3.8, 4) is 0 Å². The molecule has 6 N–H and O–H groups in total. The Morgan fingerprint density at radius 2 is 1.10 bits per heavy atom. The molecule has 0 amide bonds. The van der Waals surface area contributed by atoms with Crippen LogP contribution in [-0.4, -0.2) is 181 Å². The number of ketones is 1. The number of aryl methyl sites for hydroxylation is 6. The molecule has 3 fully saturated rings. The number of rotatable bonds is 12. The van der Waals surface area contributed by atoms with Crippen LogP contribution in [0.4, 0.5) is 0 Å². The topological polar surface area (TPSA) is 333 Å². The van der Waals surface area contributed by atoms with Gasteiger partial charge in [0.25, 0.3) is 0 Å². The van der Waals surface area contributed by atoms with E-state index in [0.29, 0.717) is 58.6 Å². The Morgan fingerprint density at radius 1 is 0.639 bits per heavy atom. The Hall–Kier alpha value is -0.252. The molecule has 3 aliphatic heterocycles. The van der Waals surface area contributed by atoms with Gasteiger partial charge in [-0.2, -0.15) is 0 Å². The first-order valence-electron chi connectivity index (χ1n) is 21.1. The van der Waals surface area contributed by atoms with Crippen LogP contribution in [0, 0.1) is 60.5 Å². The van der Waals surface area contributed by atoms with E-state index in [0.717, 1.165) is 29.1 Å². The van der Waals surface area contributed by atoms with Crippen molar-refractivity contribution in [1.82, 2.24) is 58.6 Å². The van der Waals surface area contributed by atoms with Gasteiger partial charge in [-0.1, -0.05) is 20.8 Å². The largest absolute Gasteiger partial charge is 1.00 e. The predicted octanol–water partition coefficient (Wildman–Crippen LogP) is -2.85. The average Bonchev–Trinajstić information content (AvgIpc) is 4.16. The molecule has 6 aromatic rings. The van der Waals surface area contributed by atoms with E-state index in [2.05, 4.69) is 75.5 Å². The van der Waals surface area contributed by atoms with Crippen molar-refractivity contribution in [3.63, 3.8) is 0 Å². The van der Waals surface area contributed by atoms with Crippen LogP contribution in [0.1, 0.15) is 53.4 Å². The number of imidazole rings is 3. The summed E-state index contributed by atoms with van der Waals surface area (Å²) in [5.41, 5.74) is 4.66. The normalized spacial score (nSPS) is 24.1. The summed E-state index contributed by atoms with van der Waals surface area (Å²) in [4.78, 5) is 50.6. The van der Waals surface area contributed by atoms with Gasteiger partial charge < -0.3 is 96.8 Å². The number of nitrogens with two attached hydrogens (primary N) is 2. The molecule has 3 unspecified atom stereocenters. The zero-order valence-electron chi connectivity index (χ0n) is 42.9. The minimum atomic E-state index is -1.41. The molecule has 26 nitrogen and oxygen atoms in total. The second-order valence-electron chi connectivity index (χ2n) is 15.8. The molecular weight excluding hydrogens is 1200 g/mol. The van der Waals surface area contributed by atoms with Crippen molar-refractivity contribution in [1.29, 1.82) is 0 Å². The molecule has 6 aromatic heterocycles. The number of hydrogen-bond acceptors (Lipinski definition) is 23. The maximum absolute atomic E-state index is 12.6. The summed E-state index contributed by atoms with van der Waals surface area (Å²) in [5, 5.41) is 11.2. The Balaban J connectivity index is 0.000000513. The van der Waals surface area contributed by atoms with Crippen molar-refractivity contribution in [2.75, 3.05) is 69.1 Å². The molecule has 0 aliphatic carbocycles. The molecule has 0 saturated carbocycles. The third kappa shape index (κ3) is 14.5. The molecular formula is C42H60KN14O12Y3-3. The number of methoxy groups -OCH3 is 6. The van der Waals surface area contributed by atoms with Gasteiger partial charge in [0.2, 0.25) is 5.78 Å². The van der Waals surface area contributed by atoms with E-state index >= 15 is 0 Å². The third-order valence-electron chi connectivity index (χ3n) is 11.7. The molecule has 9 rings (SSSR count). The zero-order chi connectivity index (χ0) is 48.7. The van der Waals surface area contributed by atoms with Gasteiger partial charge in [0, 0.05) is 183 Å². The van der Waals surface area contributed by atoms with Crippen LogP contribution in [0.5, 0.6) is 0 Å². The number of fused-ring (bicyclic) bond motifs is 3. The minimum Gasteiger partial charge on any atom is -0.870 e. The maximum atomic E-state index is 12.6. The van der Waals surface area contributed by atoms with Crippen molar-refractivity contribution >= 4 is 39.3 Å². The first-order chi connectivity index (χ1) is 32.3. The quantitative estimate of drug-likeness (QED) is 0.0481. The number of Topliss-reactive ketones (excluding diaryl/α,β-unsaturated/α-hetero) is 1. The zero-order valence-corrected chi connectivity index (χ0v) is 54.5. The van der Waals surface area contributed by atoms with E-state index in [1.54, 1.807) is 51.4 Å². The van der Waals surface area contributed by atoms with E-state index < -0.39 is 30.3 Å². The summed E-state index contributed by atoms with van der Waals surface area (Å²) in [5.74, 6) is 9.90. The van der Waals surface area contributed by atoms with Gasteiger partial charge in [-0.15, -0.1) is 0 Å². The summed E-state index contributed by atoms with van der Waals surface area (Å²) in [6, 6.07) is 0. The molecule has 3 saturated heterocycles. The van der Waals surface area contributed by atoms with Gasteiger partial charge in [-0.25, -0.2) is 0 Å². The van der Waals surface area contributed by atoms with Crippen molar-refractivity contribution in [2.24, 2.45) is 11.7 Å². The van der Waals surface area contributed by atoms with Crippen molar-refractivity contribution in [3.05, 3.63) is 53.5 Å². The Bertz CT molecular complexity index is 2640. The number of aliphatic hydroxyl groups is 1. The molecule has 9 heterocycles. The van der Waals surface area contributed by atoms with Gasteiger partial charge in [-0.05, 0) is 37.9 Å². The molecule has 3 aliphatic rings. The third-order valence-corrected chi connectivity index (χ3v) is 11.7. The number of carbonyl (C=O) groups is 1. The van der Waals surface area contributed by atoms with Crippen LogP contribution in [0.15, 0.2) is 0 Å². The fourth-order valence-electron chi connectivity index (χ4n) is 8.65. The standard InChI is InChI=1S/C14H19N4O4.C14H17N4O4.C14H19N4O3.K.H4N2.H2O.3Y/c1-8-11-13(16-7-15-8)18(9(2)17-11)14(19)6-22-10(5-20-3)12(14)21-4;1-7-10-13(16-6-15-7)18(8(2)17-10)14-11(19)12(21-4)9(22-14)5-20-3;1-8-13-14(16-7-15-8)18(9(2)17-13)12-5-10(20-4)11(21-12)6-19-3;;1-2;;;;/h10,12,19H,5-6H2,1-4H3;9,12,14H,5H2,1-4H3;10-12H,5-6H2,1-4H3;;1-2H2;1H2;;;/q3*-1;+1;;;;;/p-1/t10-,12?,14-;9-,12?,14-;10?,11-,12-;;;;;;/m000....../s1. The molecule has 30 heteroatoms. The number of aromatic nitrogens is 12. The monoisotopic (exact) mass is 1260 g/mol. The maximum Gasteiger partial charge on any atom is 1.00 e. The number of carbonyl (C=O) groups excluding carboxylic acids is 1. The van der Waals surface area contributed by atoms with Crippen LogP contribution in [0.25, 0.3) is 33.5 Å². The van der Waals surface area contributed by atoms with Gasteiger partial charge in [0.15, 0.2) is 12.0 Å². The van der Waals surface area contributed by atoms with Crippen molar-refractivity contribution < 1.29 is 208 Å². The van der Waals surface area contributed by atoms with Gasteiger partial charge in [0.1, 0.15) is 36.7 Å². The summed E-state index contributed by atoms with van der Waals surface area (Å²) < 4.78 is 54.6. The Kier molecular flexibility index (Phi) is 31.0. The number of nitrogens with zero attached hydrogens (tertiary/aromatic N) is 12. The van der Waals surface area contributed by atoms with E-state index in [-0.39, 0.29) is 199 Å². The summed E-state index contributed by atoms with van der Waals surface area (Å²) >= 11 is 0. The van der Waals surface area contributed by atoms with Gasteiger partial charge >= 0.3 is 51.4 Å². The first kappa shape index (κ1) is 69.8. The summed E-state index contributed by atoms with van der Waals surface area (Å²) in [6.45, 7) is 12.2. The second-order valence-corrected chi connectivity index (χ2v) is 15.8. The van der Waals surface area contributed by atoms with Crippen LogP contribution in [-0.2, 0) is 151 Å². The molecule has 3 radical (unpaired) electrons. The fraction of sp³-hybridized carbons (Fsp3) is 0.619. The van der Waals surface area contributed by atoms with Crippen molar-refractivity contribution in [2.45, 2.75) is 103 Å². The molecule has 0 aromatic carbocycles. The number of hydrogen-bond donors (Lipinski definition) is 3.